The molecule has 0 aromatic rings. The molecule has 0 amide bonds. The standard InChI is InChI=1S/C5H12O2P/c1-2-3-4-5-7-8-6/h8H,2-5H2,1H3/q+1. The minimum atomic E-state index is -0.581. The van der Waals surface area contributed by atoms with E-state index in [1.807, 2.05) is 0 Å². The summed E-state index contributed by atoms with van der Waals surface area (Å²) in [4.78, 5) is 0. The Hall–Kier alpha value is 0.0600. The number of unbranched alkanes of at least 4 members (excludes halogenated alkanes) is 2. The van der Waals surface area contributed by atoms with Crippen LogP contribution in [-0.4, -0.2) is 6.61 Å². The number of hydrogen-bond acceptors (Lipinski definition) is 2. The molecule has 0 rings (SSSR count). The Labute approximate surface area is 51.5 Å². The first-order valence-electron chi connectivity index (χ1n) is 2.90. The second-order valence-electron chi connectivity index (χ2n) is 1.64. The first kappa shape index (κ1) is 8.06. The van der Waals surface area contributed by atoms with Gasteiger partial charge in [0.1, 0.15) is 6.61 Å². The van der Waals surface area contributed by atoms with Gasteiger partial charge in [-0.05, 0) is 11.0 Å². The first-order chi connectivity index (χ1) is 3.91. The van der Waals surface area contributed by atoms with Crippen LogP contribution in [0.5, 0.6) is 0 Å². The maximum Gasteiger partial charge on any atom is 0.494 e. The molecule has 0 bridgehead atoms. The summed E-state index contributed by atoms with van der Waals surface area (Å²) in [5.41, 5.74) is 0. The molecule has 2 nitrogen and oxygen atoms in total. The Morgan fingerprint density at radius 3 is 2.75 bits per heavy atom. The lowest BCUT2D eigenvalue weighted by molar-refractivity contribution is 0.330. The molecule has 0 aliphatic heterocycles. The lowest BCUT2D eigenvalue weighted by Crippen LogP contribution is -1.81. The van der Waals surface area contributed by atoms with Gasteiger partial charge in [-0.1, -0.05) is 19.8 Å². The van der Waals surface area contributed by atoms with Gasteiger partial charge in [0.2, 0.25) is 0 Å². The second kappa shape index (κ2) is 7.06. The van der Waals surface area contributed by atoms with Gasteiger partial charge >= 0.3 is 8.69 Å². The van der Waals surface area contributed by atoms with Crippen LogP contribution in [0.3, 0.4) is 0 Å². The van der Waals surface area contributed by atoms with E-state index >= 15 is 0 Å². The predicted molar refractivity (Wildman–Crippen MR) is 34.5 cm³/mol. The molecule has 0 radical (unpaired) electrons. The summed E-state index contributed by atoms with van der Waals surface area (Å²) in [5, 5.41) is 0. The first-order valence-corrected chi connectivity index (χ1v) is 3.72. The van der Waals surface area contributed by atoms with Gasteiger partial charge in [-0.25, -0.2) is 0 Å². The fourth-order valence-corrected chi connectivity index (χ4v) is 0.694. The summed E-state index contributed by atoms with van der Waals surface area (Å²) in [6.07, 6.45) is 3.39. The SMILES string of the molecule is CCCCCO[PH+]=O. The van der Waals surface area contributed by atoms with Gasteiger partial charge in [0.25, 0.3) is 0 Å². The van der Waals surface area contributed by atoms with Crippen molar-refractivity contribution in [1.82, 2.24) is 0 Å². The fourth-order valence-electron chi connectivity index (χ4n) is 0.466. The van der Waals surface area contributed by atoms with Crippen LogP contribution in [0.1, 0.15) is 26.2 Å². The summed E-state index contributed by atoms with van der Waals surface area (Å²) in [6, 6.07) is 0. The van der Waals surface area contributed by atoms with Gasteiger partial charge in [0, 0.05) is 0 Å². The molecule has 0 aromatic carbocycles. The highest BCUT2D eigenvalue weighted by atomic mass is 31.1. The third kappa shape index (κ3) is 6.06. The lowest BCUT2D eigenvalue weighted by atomic mass is 10.3. The average Bonchev–Trinajstić information content (AvgIpc) is 1.81. The van der Waals surface area contributed by atoms with Crippen LogP contribution < -0.4 is 0 Å². The molecule has 0 heterocycles. The van der Waals surface area contributed by atoms with Gasteiger partial charge in [-0.3, -0.25) is 0 Å². The minimum Gasteiger partial charge on any atom is -0.148 e. The predicted octanol–water partition coefficient (Wildman–Crippen LogP) is 2.13. The van der Waals surface area contributed by atoms with E-state index in [0.717, 1.165) is 6.42 Å². The molecule has 0 aromatic heterocycles. The second-order valence-corrected chi connectivity index (χ2v) is 2.09. The van der Waals surface area contributed by atoms with E-state index in [-0.39, 0.29) is 0 Å². The summed E-state index contributed by atoms with van der Waals surface area (Å²) in [7, 11) is -0.581. The lowest BCUT2D eigenvalue weighted by Gasteiger charge is -1.87. The van der Waals surface area contributed by atoms with Gasteiger partial charge < -0.3 is 0 Å². The van der Waals surface area contributed by atoms with E-state index in [1.165, 1.54) is 12.8 Å². The van der Waals surface area contributed by atoms with Crippen molar-refractivity contribution >= 4 is 8.69 Å². The number of rotatable bonds is 5. The molecular weight excluding hydrogens is 123 g/mol. The van der Waals surface area contributed by atoms with Gasteiger partial charge in [0.05, 0.1) is 0 Å². The van der Waals surface area contributed by atoms with Crippen molar-refractivity contribution in [2.45, 2.75) is 26.2 Å². The van der Waals surface area contributed by atoms with Crippen LogP contribution in [-0.2, 0) is 9.09 Å². The Kier molecular flexibility index (Phi) is 7.11. The topological polar surface area (TPSA) is 26.3 Å². The Morgan fingerprint density at radius 2 is 2.25 bits per heavy atom. The van der Waals surface area contributed by atoms with Gasteiger partial charge in [-0.15, -0.1) is 4.52 Å². The molecule has 0 N–H and O–H groups in total. The van der Waals surface area contributed by atoms with Crippen molar-refractivity contribution in [3.63, 3.8) is 0 Å². The normalized spacial score (nSPS) is 10.1. The zero-order valence-corrected chi connectivity index (χ0v) is 6.14. The van der Waals surface area contributed by atoms with Gasteiger partial charge in [0.15, 0.2) is 0 Å². The van der Waals surface area contributed by atoms with Crippen LogP contribution in [0.25, 0.3) is 0 Å². The molecule has 0 aliphatic rings. The summed E-state index contributed by atoms with van der Waals surface area (Å²) >= 11 is 0. The summed E-state index contributed by atoms with van der Waals surface area (Å²) in [6.45, 7) is 2.77. The smallest absolute Gasteiger partial charge is 0.148 e. The van der Waals surface area contributed by atoms with E-state index in [9.17, 15) is 4.57 Å². The molecular formula is C5H12O2P+. The molecule has 1 unspecified atom stereocenters. The highest BCUT2D eigenvalue weighted by Crippen LogP contribution is 1.99. The molecule has 0 saturated carbocycles. The van der Waals surface area contributed by atoms with Crippen molar-refractivity contribution in [3.8, 4) is 0 Å². The largest absolute Gasteiger partial charge is 0.494 e. The third-order valence-electron chi connectivity index (χ3n) is 0.909. The highest BCUT2D eigenvalue weighted by Gasteiger charge is 1.89. The van der Waals surface area contributed by atoms with Crippen molar-refractivity contribution in [2.75, 3.05) is 6.61 Å². The highest BCUT2D eigenvalue weighted by molar-refractivity contribution is 7.17. The van der Waals surface area contributed by atoms with E-state index in [1.54, 1.807) is 0 Å². The molecule has 8 heavy (non-hydrogen) atoms. The molecule has 0 aliphatic carbocycles. The zero-order chi connectivity index (χ0) is 6.24. The molecule has 0 fully saturated rings. The zero-order valence-electron chi connectivity index (χ0n) is 5.14. The van der Waals surface area contributed by atoms with Crippen LogP contribution in [0, 0.1) is 0 Å². The average molecular weight is 135 g/mol. The van der Waals surface area contributed by atoms with E-state index < -0.39 is 8.69 Å². The van der Waals surface area contributed by atoms with E-state index in [0.29, 0.717) is 6.61 Å². The van der Waals surface area contributed by atoms with Crippen molar-refractivity contribution in [2.24, 2.45) is 0 Å². The van der Waals surface area contributed by atoms with Crippen molar-refractivity contribution in [3.05, 3.63) is 0 Å². The monoisotopic (exact) mass is 135 g/mol. The van der Waals surface area contributed by atoms with Crippen LogP contribution in [0.4, 0.5) is 0 Å². The molecule has 1 atom stereocenters. The van der Waals surface area contributed by atoms with Gasteiger partial charge in [-0.2, -0.15) is 0 Å². The third-order valence-corrected chi connectivity index (χ3v) is 1.23. The number of hydrogen-bond donors (Lipinski definition) is 0. The Morgan fingerprint density at radius 1 is 1.50 bits per heavy atom. The molecule has 3 heteroatoms. The van der Waals surface area contributed by atoms with E-state index in [2.05, 4.69) is 11.4 Å². The van der Waals surface area contributed by atoms with Crippen LogP contribution >= 0.6 is 8.69 Å². The summed E-state index contributed by atoms with van der Waals surface area (Å²) < 4.78 is 14.3. The summed E-state index contributed by atoms with van der Waals surface area (Å²) in [5.74, 6) is 0. The molecule has 0 spiro atoms. The van der Waals surface area contributed by atoms with Crippen molar-refractivity contribution in [1.29, 1.82) is 0 Å². The maximum atomic E-state index is 9.70. The van der Waals surface area contributed by atoms with Crippen LogP contribution in [0.15, 0.2) is 0 Å². The fraction of sp³-hybridized carbons (Fsp3) is 1.00. The minimum absolute atomic E-state index is 0.581. The van der Waals surface area contributed by atoms with E-state index in [4.69, 9.17) is 0 Å². The Balaban J connectivity index is 2.62. The quantitative estimate of drug-likeness (QED) is 0.426. The maximum absolute atomic E-state index is 9.70. The molecule has 0 saturated heterocycles. The van der Waals surface area contributed by atoms with Crippen LogP contribution in [0.2, 0.25) is 0 Å². The van der Waals surface area contributed by atoms with Crippen molar-refractivity contribution < 1.29 is 9.09 Å². The Bertz CT molecular complexity index is 56.4. The molecule has 48 valence electrons.